The van der Waals surface area contributed by atoms with Gasteiger partial charge in [0, 0.05) is 31.2 Å². The summed E-state index contributed by atoms with van der Waals surface area (Å²) in [7, 11) is 0. The molecule has 1 aliphatic rings. The molecule has 1 aromatic carbocycles. The molecular weight excluding hydrogens is 300 g/mol. The number of carbonyl (C=O) groups excluding carboxylic acids is 1. The van der Waals surface area contributed by atoms with E-state index >= 15 is 0 Å². The first-order chi connectivity index (χ1) is 11.8. The van der Waals surface area contributed by atoms with Gasteiger partial charge in [0.25, 0.3) is 0 Å². The first-order valence-corrected chi connectivity index (χ1v) is 8.90. The van der Waals surface area contributed by atoms with E-state index in [4.69, 9.17) is 0 Å². The van der Waals surface area contributed by atoms with Gasteiger partial charge in [-0.05, 0) is 49.4 Å². The van der Waals surface area contributed by atoms with Crippen molar-refractivity contribution in [2.75, 3.05) is 18.4 Å². The topological polar surface area (TPSA) is 50.2 Å². The largest absolute Gasteiger partial charge is 0.322 e. The number of benzene rings is 1. The summed E-state index contributed by atoms with van der Waals surface area (Å²) < 4.78 is 1.96. The van der Waals surface area contributed by atoms with Crippen molar-refractivity contribution in [3.63, 3.8) is 0 Å². The molecule has 0 radical (unpaired) electrons. The van der Waals surface area contributed by atoms with E-state index in [9.17, 15) is 4.79 Å². The Balaban J connectivity index is 1.56. The molecule has 0 saturated carbocycles. The predicted octanol–water partition coefficient (Wildman–Crippen LogP) is 4.09. The highest BCUT2D eigenvalue weighted by molar-refractivity contribution is 5.89. The van der Waals surface area contributed by atoms with Crippen LogP contribution in [0.5, 0.6) is 0 Å². The van der Waals surface area contributed by atoms with Crippen LogP contribution in [-0.2, 0) is 6.42 Å². The number of aryl methyl sites for hydroxylation is 1. The van der Waals surface area contributed by atoms with Gasteiger partial charge in [0.05, 0.1) is 6.04 Å². The summed E-state index contributed by atoms with van der Waals surface area (Å²) in [5.41, 5.74) is 2.19. The second-order valence-electron chi connectivity index (χ2n) is 6.46. The number of piperidine rings is 1. The van der Waals surface area contributed by atoms with E-state index in [-0.39, 0.29) is 12.1 Å². The highest BCUT2D eigenvalue weighted by Gasteiger charge is 2.24. The van der Waals surface area contributed by atoms with E-state index in [2.05, 4.69) is 29.5 Å². The van der Waals surface area contributed by atoms with Gasteiger partial charge in [-0.2, -0.15) is 5.10 Å². The van der Waals surface area contributed by atoms with E-state index in [1.807, 2.05) is 34.0 Å². The number of unbranched alkanes of at least 4 members (excludes halogenated alkanes) is 1. The van der Waals surface area contributed by atoms with Crippen LogP contribution in [0, 0.1) is 0 Å². The Hall–Kier alpha value is -2.30. The molecule has 1 saturated heterocycles. The molecule has 1 aromatic heterocycles. The lowest BCUT2D eigenvalue weighted by Gasteiger charge is -2.32. The maximum atomic E-state index is 12.5. The molecule has 1 atom stereocenters. The third-order valence-electron chi connectivity index (χ3n) is 4.61. The smallest absolute Gasteiger partial charge is 0.321 e. The molecule has 1 N–H and O–H groups in total. The van der Waals surface area contributed by atoms with Crippen molar-refractivity contribution in [2.45, 2.75) is 45.1 Å². The molecule has 0 spiro atoms. The van der Waals surface area contributed by atoms with E-state index in [0.717, 1.165) is 31.5 Å². The summed E-state index contributed by atoms with van der Waals surface area (Å²) in [6, 6.07) is 10.4. The predicted molar refractivity (Wildman–Crippen MR) is 96.1 cm³/mol. The number of amides is 2. The van der Waals surface area contributed by atoms with Crippen molar-refractivity contribution in [2.24, 2.45) is 0 Å². The number of urea groups is 1. The molecule has 5 heteroatoms. The summed E-state index contributed by atoms with van der Waals surface area (Å²) in [4.78, 5) is 14.4. The summed E-state index contributed by atoms with van der Waals surface area (Å²) in [6.45, 7) is 3.71. The Morgan fingerprint density at radius 3 is 2.88 bits per heavy atom. The van der Waals surface area contributed by atoms with Gasteiger partial charge in [-0.25, -0.2) is 4.79 Å². The first kappa shape index (κ1) is 16.6. The van der Waals surface area contributed by atoms with Crippen LogP contribution in [0.4, 0.5) is 10.5 Å². The molecule has 1 unspecified atom stereocenters. The third kappa shape index (κ3) is 4.16. The number of nitrogens with zero attached hydrogens (tertiary/aromatic N) is 3. The number of rotatable bonds is 5. The number of carbonyl (C=O) groups is 1. The minimum absolute atomic E-state index is 0.0202. The maximum Gasteiger partial charge on any atom is 0.321 e. The number of hydrogen-bond donors (Lipinski definition) is 1. The first-order valence-electron chi connectivity index (χ1n) is 8.90. The second kappa shape index (κ2) is 7.99. The second-order valence-corrected chi connectivity index (χ2v) is 6.46. The van der Waals surface area contributed by atoms with E-state index in [1.165, 1.54) is 18.4 Å². The SMILES string of the molecule is CCCCc1ccc(NC(=O)N2CCCC(n3cccn3)C2)cc1. The Bertz CT molecular complexity index is 636. The molecule has 2 heterocycles. The number of nitrogens with one attached hydrogen (secondary N) is 1. The van der Waals surface area contributed by atoms with Gasteiger partial charge in [0.2, 0.25) is 0 Å². The Kier molecular flexibility index (Phi) is 5.51. The highest BCUT2D eigenvalue weighted by atomic mass is 16.2. The van der Waals surface area contributed by atoms with Crippen LogP contribution >= 0.6 is 0 Å². The lowest BCUT2D eigenvalue weighted by Crippen LogP contribution is -2.43. The van der Waals surface area contributed by atoms with Crippen molar-refractivity contribution in [1.29, 1.82) is 0 Å². The number of likely N-dealkylation sites (tertiary alicyclic amines) is 1. The van der Waals surface area contributed by atoms with E-state index < -0.39 is 0 Å². The lowest BCUT2D eigenvalue weighted by molar-refractivity contribution is 0.175. The van der Waals surface area contributed by atoms with Gasteiger partial charge in [-0.1, -0.05) is 25.5 Å². The Labute approximate surface area is 143 Å². The molecule has 1 aliphatic heterocycles. The van der Waals surface area contributed by atoms with Crippen LogP contribution in [0.2, 0.25) is 0 Å². The normalized spacial score (nSPS) is 17.7. The van der Waals surface area contributed by atoms with Crippen molar-refractivity contribution in [3.05, 3.63) is 48.3 Å². The Morgan fingerprint density at radius 2 is 2.17 bits per heavy atom. The zero-order chi connectivity index (χ0) is 16.8. The van der Waals surface area contributed by atoms with Crippen LogP contribution in [0.1, 0.15) is 44.2 Å². The molecule has 2 amide bonds. The summed E-state index contributed by atoms with van der Waals surface area (Å²) in [5.74, 6) is 0. The van der Waals surface area contributed by atoms with Gasteiger partial charge in [-0.3, -0.25) is 4.68 Å². The van der Waals surface area contributed by atoms with Crippen LogP contribution in [0.15, 0.2) is 42.7 Å². The maximum absolute atomic E-state index is 12.5. The van der Waals surface area contributed by atoms with Crippen molar-refractivity contribution < 1.29 is 4.79 Å². The minimum Gasteiger partial charge on any atom is -0.322 e. The standard InChI is InChI=1S/C19H26N4O/c1-2-3-6-16-8-10-17(11-9-16)21-19(24)22-13-4-7-18(15-22)23-14-5-12-20-23/h5,8-12,14,18H,2-4,6-7,13,15H2,1H3,(H,21,24). The molecule has 3 rings (SSSR count). The van der Waals surface area contributed by atoms with Crippen LogP contribution in [0.3, 0.4) is 0 Å². The summed E-state index contributed by atoms with van der Waals surface area (Å²) in [5, 5.41) is 7.33. The van der Waals surface area contributed by atoms with Crippen molar-refractivity contribution >= 4 is 11.7 Å². The van der Waals surface area contributed by atoms with Crippen LogP contribution in [-0.4, -0.2) is 33.8 Å². The average Bonchev–Trinajstić information content (AvgIpc) is 3.16. The number of aromatic nitrogens is 2. The quantitative estimate of drug-likeness (QED) is 0.899. The lowest BCUT2D eigenvalue weighted by atomic mass is 10.1. The monoisotopic (exact) mass is 326 g/mol. The van der Waals surface area contributed by atoms with Gasteiger partial charge >= 0.3 is 6.03 Å². The zero-order valence-corrected chi connectivity index (χ0v) is 14.3. The fourth-order valence-electron chi connectivity index (χ4n) is 3.19. The molecule has 0 bridgehead atoms. The highest BCUT2D eigenvalue weighted by Crippen LogP contribution is 2.21. The van der Waals surface area contributed by atoms with Crippen molar-refractivity contribution in [3.8, 4) is 0 Å². The van der Waals surface area contributed by atoms with Gasteiger partial charge in [-0.15, -0.1) is 0 Å². The van der Waals surface area contributed by atoms with Gasteiger partial charge in [0.1, 0.15) is 0 Å². The number of hydrogen-bond acceptors (Lipinski definition) is 2. The molecule has 128 valence electrons. The Morgan fingerprint density at radius 1 is 1.33 bits per heavy atom. The molecular formula is C19H26N4O. The summed E-state index contributed by atoms with van der Waals surface area (Å²) in [6.07, 6.45) is 9.34. The third-order valence-corrected chi connectivity index (χ3v) is 4.61. The number of anilines is 1. The molecule has 1 fully saturated rings. The fourth-order valence-corrected chi connectivity index (χ4v) is 3.19. The van der Waals surface area contributed by atoms with Crippen LogP contribution < -0.4 is 5.32 Å². The van der Waals surface area contributed by atoms with Crippen molar-refractivity contribution in [1.82, 2.24) is 14.7 Å². The molecule has 0 aliphatic carbocycles. The van der Waals surface area contributed by atoms with Crippen LogP contribution in [0.25, 0.3) is 0 Å². The average molecular weight is 326 g/mol. The molecule has 2 aromatic rings. The van der Waals surface area contributed by atoms with E-state index in [0.29, 0.717) is 6.54 Å². The molecule has 5 nitrogen and oxygen atoms in total. The zero-order valence-electron chi connectivity index (χ0n) is 14.3. The van der Waals surface area contributed by atoms with Gasteiger partial charge in [0.15, 0.2) is 0 Å². The molecule has 24 heavy (non-hydrogen) atoms. The van der Waals surface area contributed by atoms with E-state index in [1.54, 1.807) is 6.20 Å². The minimum atomic E-state index is -0.0202. The fraction of sp³-hybridized carbons (Fsp3) is 0.474. The van der Waals surface area contributed by atoms with Gasteiger partial charge < -0.3 is 10.2 Å². The summed E-state index contributed by atoms with van der Waals surface area (Å²) >= 11 is 0.